The number of imidazole rings is 1. The summed E-state index contributed by atoms with van der Waals surface area (Å²) in [6.45, 7) is 3.66. The highest BCUT2D eigenvalue weighted by molar-refractivity contribution is 4.98. The van der Waals surface area contributed by atoms with Crippen molar-refractivity contribution in [3.63, 3.8) is 0 Å². The van der Waals surface area contributed by atoms with Gasteiger partial charge in [-0.05, 0) is 13.3 Å². The number of aromatic amines is 1. The minimum Gasteiger partial charge on any atom is -0.382 e. The lowest BCUT2D eigenvalue weighted by Gasteiger charge is -2.17. The molecule has 1 rings (SSSR count). The van der Waals surface area contributed by atoms with Crippen molar-refractivity contribution in [2.24, 2.45) is 0 Å². The first-order chi connectivity index (χ1) is 4.67. The summed E-state index contributed by atoms with van der Waals surface area (Å²) in [5.74, 6) is 0.634. The van der Waals surface area contributed by atoms with E-state index >= 15 is 0 Å². The Hall–Kier alpha value is -0.830. The van der Waals surface area contributed by atoms with E-state index in [9.17, 15) is 5.11 Å². The molecule has 0 aliphatic heterocycles. The fourth-order valence-corrected chi connectivity index (χ4v) is 0.727. The predicted octanol–water partition coefficient (Wildman–Crippen LogP) is 1.03. The normalized spacial score (nSPS) is 16.7. The van der Waals surface area contributed by atoms with E-state index in [1.807, 2.05) is 6.92 Å². The Morgan fingerprint density at radius 3 is 2.90 bits per heavy atom. The molecule has 1 aromatic rings. The van der Waals surface area contributed by atoms with Crippen LogP contribution in [0.15, 0.2) is 12.4 Å². The molecular weight excluding hydrogens is 128 g/mol. The zero-order valence-corrected chi connectivity index (χ0v) is 6.26. The van der Waals surface area contributed by atoms with Gasteiger partial charge in [-0.3, -0.25) is 0 Å². The number of aliphatic hydroxyl groups is 1. The molecule has 0 spiro atoms. The molecule has 3 nitrogen and oxygen atoms in total. The monoisotopic (exact) mass is 140 g/mol. The van der Waals surface area contributed by atoms with Gasteiger partial charge in [0.1, 0.15) is 11.4 Å². The zero-order valence-electron chi connectivity index (χ0n) is 6.26. The van der Waals surface area contributed by atoms with Crippen molar-refractivity contribution in [3.8, 4) is 0 Å². The van der Waals surface area contributed by atoms with E-state index in [2.05, 4.69) is 9.97 Å². The molecule has 0 radical (unpaired) electrons. The number of rotatable bonds is 2. The van der Waals surface area contributed by atoms with Crippen molar-refractivity contribution in [2.75, 3.05) is 0 Å². The SMILES string of the molecule is CC[C@](C)(O)c1ncc[nH]1. The first-order valence-corrected chi connectivity index (χ1v) is 3.39. The molecule has 0 bridgehead atoms. The van der Waals surface area contributed by atoms with Crippen molar-refractivity contribution in [1.29, 1.82) is 0 Å². The second kappa shape index (κ2) is 2.42. The third-order valence-corrected chi connectivity index (χ3v) is 1.70. The molecule has 0 saturated carbocycles. The average molecular weight is 140 g/mol. The number of nitrogens with one attached hydrogen (secondary N) is 1. The molecular formula is C7H12N2O. The molecule has 10 heavy (non-hydrogen) atoms. The average Bonchev–Trinajstić information content (AvgIpc) is 2.38. The van der Waals surface area contributed by atoms with E-state index in [0.717, 1.165) is 0 Å². The fourth-order valence-electron chi connectivity index (χ4n) is 0.727. The third-order valence-electron chi connectivity index (χ3n) is 1.70. The van der Waals surface area contributed by atoms with E-state index in [1.165, 1.54) is 0 Å². The van der Waals surface area contributed by atoms with Gasteiger partial charge in [-0.15, -0.1) is 0 Å². The Labute approximate surface area is 60.1 Å². The molecule has 1 atom stereocenters. The summed E-state index contributed by atoms with van der Waals surface area (Å²) in [5.41, 5.74) is -0.802. The first-order valence-electron chi connectivity index (χ1n) is 3.39. The van der Waals surface area contributed by atoms with Crippen LogP contribution in [0.25, 0.3) is 0 Å². The van der Waals surface area contributed by atoms with Crippen LogP contribution in [0.2, 0.25) is 0 Å². The van der Waals surface area contributed by atoms with Crippen molar-refractivity contribution >= 4 is 0 Å². The minimum absolute atomic E-state index is 0.634. The second-order valence-corrected chi connectivity index (χ2v) is 2.57. The maximum Gasteiger partial charge on any atom is 0.137 e. The zero-order chi connectivity index (χ0) is 7.61. The van der Waals surface area contributed by atoms with Gasteiger partial charge in [0.05, 0.1) is 0 Å². The predicted molar refractivity (Wildman–Crippen MR) is 38.4 cm³/mol. The summed E-state index contributed by atoms with van der Waals surface area (Å²) in [7, 11) is 0. The van der Waals surface area contributed by atoms with Crippen LogP contribution in [0.1, 0.15) is 26.1 Å². The number of hydrogen-bond donors (Lipinski definition) is 2. The molecule has 0 saturated heterocycles. The molecule has 1 heterocycles. The van der Waals surface area contributed by atoms with E-state index in [1.54, 1.807) is 19.3 Å². The van der Waals surface area contributed by atoms with E-state index in [0.29, 0.717) is 12.2 Å². The summed E-state index contributed by atoms with van der Waals surface area (Å²) in [4.78, 5) is 6.82. The van der Waals surface area contributed by atoms with Gasteiger partial charge in [0, 0.05) is 12.4 Å². The van der Waals surface area contributed by atoms with Crippen LogP contribution >= 0.6 is 0 Å². The lowest BCUT2D eigenvalue weighted by atomic mass is 10.0. The van der Waals surface area contributed by atoms with E-state index in [-0.39, 0.29) is 0 Å². The number of aromatic nitrogens is 2. The molecule has 2 N–H and O–H groups in total. The van der Waals surface area contributed by atoms with Gasteiger partial charge in [0.25, 0.3) is 0 Å². The maximum absolute atomic E-state index is 9.59. The Bertz CT molecular complexity index is 191. The van der Waals surface area contributed by atoms with Gasteiger partial charge < -0.3 is 10.1 Å². The minimum atomic E-state index is -0.802. The Morgan fingerprint density at radius 1 is 1.80 bits per heavy atom. The molecule has 0 aliphatic carbocycles. The summed E-state index contributed by atoms with van der Waals surface area (Å²) in [6, 6.07) is 0. The van der Waals surface area contributed by atoms with Crippen molar-refractivity contribution in [3.05, 3.63) is 18.2 Å². The quantitative estimate of drug-likeness (QED) is 0.644. The lowest BCUT2D eigenvalue weighted by molar-refractivity contribution is 0.0445. The number of hydrogen-bond acceptors (Lipinski definition) is 2. The number of H-pyrrole nitrogens is 1. The van der Waals surface area contributed by atoms with Crippen LogP contribution in [-0.4, -0.2) is 15.1 Å². The van der Waals surface area contributed by atoms with Crippen LogP contribution < -0.4 is 0 Å². The Kier molecular flexibility index (Phi) is 1.76. The molecule has 0 aliphatic rings. The fraction of sp³-hybridized carbons (Fsp3) is 0.571. The smallest absolute Gasteiger partial charge is 0.137 e. The highest BCUT2D eigenvalue weighted by Gasteiger charge is 2.22. The Morgan fingerprint density at radius 2 is 2.50 bits per heavy atom. The highest BCUT2D eigenvalue weighted by Crippen LogP contribution is 2.19. The van der Waals surface area contributed by atoms with E-state index in [4.69, 9.17) is 0 Å². The van der Waals surface area contributed by atoms with Crippen LogP contribution in [0, 0.1) is 0 Å². The van der Waals surface area contributed by atoms with Crippen LogP contribution in [0.5, 0.6) is 0 Å². The topological polar surface area (TPSA) is 48.9 Å². The molecule has 56 valence electrons. The standard InChI is InChI=1S/C7H12N2O/c1-3-7(2,10)6-8-4-5-9-6/h4-5,10H,3H2,1-2H3,(H,8,9)/t7-/m0/s1. The molecule has 0 aromatic carbocycles. The number of nitrogens with zero attached hydrogens (tertiary/aromatic N) is 1. The van der Waals surface area contributed by atoms with Crippen LogP contribution in [0.4, 0.5) is 0 Å². The molecule has 0 amide bonds. The van der Waals surface area contributed by atoms with Gasteiger partial charge in [0.2, 0.25) is 0 Å². The summed E-state index contributed by atoms with van der Waals surface area (Å²) >= 11 is 0. The summed E-state index contributed by atoms with van der Waals surface area (Å²) in [6.07, 6.45) is 4.01. The van der Waals surface area contributed by atoms with Gasteiger partial charge in [0.15, 0.2) is 0 Å². The van der Waals surface area contributed by atoms with Gasteiger partial charge in [-0.2, -0.15) is 0 Å². The first kappa shape index (κ1) is 7.28. The summed E-state index contributed by atoms with van der Waals surface area (Å²) < 4.78 is 0. The maximum atomic E-state index is 9.59. The van der Waals surface area contributed by atoms with Crippen molar-refractivity contribution < 1.29 is 5.11 Å². The van der Waals surface area contributed by atoms with Gasteiger partial charge in [-0.1, -0.05) is 6.92 Å². The van der Waals surface area contributed by atoms with Crippen molar-refractivity contribution in [2.45, 2.75) is 25.9 Å². The second-order valence-electron chi connectivity index (χ2n) is 2.57. The lowest BCUT2D eigenvalue weighted by Crippen LogP contribution is -2.21. The van der Waals surface area contributed by atoms with Crippen LogP contribution in [-0.2, 0) is 5.60 Å². The van der Waals surface area contributed by atoms with Crippen molar-refractivity contribution in [1.82, 2.24) is 9.97 Å². The van der Waals surface area contributed by atoms with Crippen LogP contribution in [0.3, 0.4) is 0 Å². The Balaban J connectivity index is 2.85. The largest absolute Gasteiger partial charge is 0.382 e. The van der Waals surface area contributed by atoms with Gasteiger partial charge >= 0.3 is 0 Å². The highest BCUT2D eigenvalue weighted by atomic mass is 16.3. The third kappa shape index (κ3) is 1.19. The van der Waals surface area contributed by atoms with Gasteiger partial charge in [-0.25, -0.2) is 4.98 Å². The molecule has 3 heteroatoms. The molecule has 0 fully saturated rings. The summed E-state index contributed by atoms with van der Waals surface area (Å²) in [5, 5.41) is 9.59. The van der Waals surface area contributed by atoms with E-state index < -0.39 is 5.60 Å². The molecule has 1 aromatic heterocycles. The molecule has 0 unspecified atom stereocenters.